The van der Waals surface area contributed by atoms with Gasteiger partial charge in [-0.25, -0.2) is 0 Å². The Balaban J connectivity index is 1.94. The minimum atomic E-state index is -0.544. The summed E-state index contributed by atoms with van der Waals surface area (Å²) < 4.78 is 0. The first-order chi connectivity index (χ1) is 6.04. The molecule has 0 radical (unpaired) electrons. The highest BCUT2D eigenvalue weighted by atomic mass is 16.3. The van der Waals surface area contributed by atoms with Crippen molar-refractivity contribution in [3.63, 3.8) is 0 Å². The number of rotatable bonds is 2. The fourth-order valence-electron chi connectivity index (χ4n) is 2.49. The molecule has 0 amide bonds. The monoisotopic (exact) mass is 184 g/mol. The van der Waals surface area contributed by atoms with Gasteiger partial charge < -0.3 is 10.4 Å². The van der Waals surface area contributed by atoms with Crippen LogP contribution in [-0.2, 0) is 0 Å². The summed E-state index contributed by atoms with van der Waals surface area (Å²) in [5.74, 6) is 0. The Hall–Kier alpha value is -0.120. The first-order valence-electron chi connectivity index (χ1n) is 5.24. The molecule has 0 spiro atoms. The summed E-state index contributed by atoms with van der Waals surface area (Å²) in [5.41, 5.74) is -0.544. The molecule has 3 heteroatoms. The first kappa shape index (κ1) is 9.44. The van der Waals surface area contributed by atoms with Gasteiger partial charge >= 0.3 is 0 Å². The normalized spacial score (nSPS) is 35.3. The SMILES string of the molecule is CC(C)(O)CN1CC2CCC1CN2. The van der Waals surface area contributed by atoms with Gasteiger partial charge in [0.1, 0.15) is 0 Å². The van der Waals surface area contributed by atoms with Crippen LogP contribution in [0.25, 0.3) is 0 Å². The van der Waals surface area contributed by atoms with Crippen LogP contribution >= 0.6 is 0 Å². The summed E-state index contributed by atoms with van der Waals surface area (Å²) in [5, 5.41) is 13.2. The zero-order valence-corrected chi connectivity index (χ0v) is 8.58. The Labute approximate surface area is 80.1 Å². The first-order valence-corrected chi connectivity index (χ1v) is 5.24. The average Bonchev–Trinajstić information content (AvgIpc) is 2.03. The number of aliphatic hydroxyl groups is 1. The third kappa shape index (κ3) is 2.22. The van der Waals surface area contributed by atoms with Crippen molar-refractivity contribution in [2.45, 2.75) is 44.4 Å². The van der Waals surface area contributed by atoms with E-state index in [1.54, 1.807) is 0 Å². The number of piperidine rings is 2. The van der Waals surface area contributed by atoms with Gasteiger partial charge in [-0.3, -0.25) is 4.90 Å². The number of fused-ring (bicyclic) bond motifs is 3. The van der Waals surface area contributed by atoms with Crippen LogP contribution in [0.4, 0.5) is 0 Å². The van der Waals surface area contributed by atoms with Crippen LogP contribution in [0.5, 0.6) is 0 Å². The van der Waals surface area contributed by atoms with E-state index in [2.05, 4.69) is 10.2 Å². The van der Waals surface area contributed by atoms with E-state index in [4.69, 9.17) is 0 Å². The van der Waals surface area contributed by atoms with E-state index in [1.807, 2.05) is 13.8 Å². The summed E-state index contributed by atoms with van der Waals surface area (Å²) in [6.45, 7) is 6.83. The number of nitrogens with one attached hydrogen (secondary N) is 1. The second-order valence-electron chi connectivity index (χ2n) is 5.08. The van der Waals surface area contributed by atoms with Crippen LogP contribution in [0.1, 0.15) is 26.7 Å². The van der Waals surface area contributed by atoms with Crippen molar-refractivity contribution >= 4 is 0 Å². The highest BCUT2D eigenvalue weighted by Crippen LogP contribution is 2.23. The van der Waals surface area contributed by atoms with E-state index < -0.39 is 5.60 Å². The van der Waals surface area contributed by atoms with Crippen molar-refractivity contribution in [1.29, 1.82) is 0 Å². The highest BCUT2D eigenvalue weighted by Gasteiger charge is 2.35. The van der Waals surface area contributed by atoms with Crippen molar-refractivity contribution in [2.75, 3.05) is 19.6 Å². The van der Waals surface area contributed by atoms with Crippen LogP contribution in [-0.4, -0.2) is 47.3 Å². The molecule has 3 heterocycles. The van der Waals surface area contributed by atoms with Gasteiger partial charge in [0.2, 0.25) is 0 Å². The predicted molar refractivity (Wildman–Crippen MR) is 52.7 cm³/mol. The Morgan fingerprint density at radius 1 is 1.46 bits per heavy atom. The smallest absolute Gasteiger partial charge is 0.0718 e. The predicted octanol–water partition coefficient (Wildman–Crippen LogP) is 0.193. The van der Waals surface area contributed by atoms with Crippen LogP contribution in [0.15, 0.2) is 0 Å². The lowest BCUT2D eigenvalue weighted by molar-refractivity contribution is -0.0121. The third-order valence-corrected chi connectivity index (χ3v) is 3.05. The minimum Gasteiger partial charge on any atom is -0.389 e. The van der Waals surface area contributed by atoms with Crippen LogP contribution in [0.2, 0.25) is 0 Å². The molecule has 0 aromatic carbocycles. The van der Waals surface area contributed by atoms with Crippen molar-refractivity contribution < 1.29 is 5.11 Å². The number of piperazine rings is 1. The molecule has 2 unspecified atom stereocenters. The molecule has 0 aliphatic carbocycles. The van der Waals surface area contributed by atoms with Gasteiger partial charge in [0, 0.05) is 31.7 Å². The van der Waals surface area contributed by atoms with Gasteiger partial charge in [-0.05, 0) is 26.7 Å². The quantitative estimate of drug-likeness (QED) is 0.643. The summed E-state index contributed by atoms with van der Waals surface area (Å²) in [6, 6.07) is 1.34. The van der Waals surface area contributed by atoms with E-state index in [0.717, 1.165) is 19.6 Å². The van der Waals surface area contributed by atoms with Gasteiger partial charge in [-0.15, -0.1) is 0 Å². The molecule has 13 heavy (non-hydrogen) atoms. The molecule has 3 rings (SSSR count). The fourth-order valence-corrected chi connectivity index (χ4v) is 2.49. The molecule has 2 atom stereocenters. The van der Waals surface area contributed by atoms with Crippen molar-refractivity contribution in [3.8, 4) is 0 Å². The Bertz CT molecular complexity index is 180. The number of hydrogen-bond donors (Lipinski definition) is 2. The molecule has 2 bridgehead atoms. The van der Waals surface area contributed by atoms with Gasteiger partial charge in [0.25, 0.3) is 0 Å². The lowest BCUT2D eigenvalue weighted by atomic mass is 9.92. The van der Waals surface area contributed by atoms with Crippen LogP contribution in [0.3, 0.4) is 0 Å². The molecule has 3 saturated heterocycles. The van der Waals surface area contributed by atoms with E-state index in [1.165, 1.54) is 12.8 Å². The average molecular weight is 184 g/mol. The van der Waals surface area contributed by atoms with Gasteiger partial charge in [0.05, 0.1) is 5.60 Å². The summed E-state index contributed by atoms with van der Waals surface area (Å²) >= 11 is 0. The molecule has 3 aliphatic heterocycles. The Morgan fingerprint density at radius 2 is 2.23 bits per heavy atom. The maximum Gasteiger partial charge on any atom is 0.0718 e. The van der Waals surface area contributed by atoms with Crippen molar-refractivity contribution in [2.24, 2.45) is 0 Å². The molecule has 2 N–H and O–H groups in total. The largest absolute Gasteiger partial charge is 0.389 e. The zero-order chi connectivity index (χ0) is 9.47. The Morgan fingerprint density at radius 3 is 2.62 bits per heavy atom. The van der Waals surface area contributed by atoms with E-state index >= 15 is 0 Å². The fraction of sp³-hybridized carbons (Fsp3) is 1.00. The highest BCUT2D eigenvalue weighted by molar-refractivity contribution is 4.94. The van der Waals surface area contributed by atoms with Gasteiger partial charge in [-0.1, -0.05) is 0 Å². The van der Waals surface area contributed by atoms with E-state index in [9.17, 15) is 5.11 Å². The van der Waals surface area contributed by atoms with E-state index in [0.29, 0.717) is 12.1 Å². The lowest BCUT2D eigenvalue weighted by Gasteiger charge is -2.47. The van der Waals surface area contributed by atoms with Gasteiger partial charge in [0.15, 0.2) is 0 Å². The van der Waals surface area contributed by atoms with E-state index in [-0.39, 0.29) is 0 Å². The molecular weight excluding hydrogens is 164 g/mol. The molecular formula is C10H20N2O. The van der Waals surface area contributed by atoms with Gasteiger partial charge in [-0.2, -0.15) is 0 Å². The molecule has 76 valence electrons. The third-order valence-electron chi connectivity index (χ3n) is 3.05. The van der Waals surface area contributed by atoms with Crippen LogP contribution in [0, 0.1) is 0 Å². The zero-order valence-electron chi connectivity index (χ0n) is 8.58. The summed E-state index contributed by atoms with van der Waals surface area (Å²) in [6.07, 6.45) is 2.61. The molecule has 0 aromatic heterocycles. The molecule has 0 aromatic rings. The number of hydrogen-bond acceptors (Lipinski definition) is 3. The maximum atomic E-state index is 9.74. The standard InChI is InChI=1S/C10H20N2O/c1-10(2,13)7-12-6-8-3-4-9(12)5-11-8/h8-9,11,13H,3-7H2,1-2H3. The molecule has 3 fully saturated rings. The molecule has 3 nitrogen and oxygen atoms in total. The summed E-state index contributed by atoms with van der Waals surface area (Å²) in [4.78, 5) is 2.44. The topological polar surface area (TPSA) is 35.5 Å². The Kier molecular flexibility index (Phi) is 2.34. The second-order valence-corrected chi connectivity index (χ2v) is 5.08. The van der Waals surface area contributed by atoms with Crippen LogP contribution < -0.4 is 5.32 Å². The lowest BCUT2D eigenvalue weighted by Crippen LogP contribution is -2.62. The van der Waals surface area contributed by atoms with Crippen molar-refractivity contribution in [1.82, 2.24) is 10.2 Å². The van der Waals surface area contributed by atoms with Crippen molar-refractivity contribution in [3.05, 3.63) is 0 Å². The molecule has 0 saturated carbocycles. The number of nitrogens with zero attached hydrogens (tertiary/aromatic N) is 1. The summed E-state index contributed by atoms with van der Waals surface area (Å²) in [7, 11) is 0. The second kappa shape index (κ2) is 3.23. The molecule has 3 aliphatic rings. The minimum absolute atomic E-state index is 0.544. The maximum absolute atomic E-state index is 9.74.